The predicted molar refractivity (Wildman–Crippen MR) is 90.5 cm³/mol. The molecule has 4 atom stereocenters. The lowest BCUT2D eigenvalue weighted by Crippen LogP contribution is -2.48. The van der Waals surface area contributed by atoms with Gasteiger partial charge in [0.05, 0.1) is 0 Å². The molecular weight excluding hydrogens is 256 g/mol. The van der Waals surface area contributed by atoms with Crippen molar-refractivity contribution >= 4 is 0 Å². The summed E-state index contributed by atoms with van der Waals surface area (Å²) in [5.74, 6) is 2.97. The molecule has 0 spiro atoms. The van der Waals surface area contributed by atoms with Gasteiger partial charge in [0.2, 0.25) is 0 Å². The second kappa shape index (κ2) is 6.58. The third-order valence-corrected chi connectivity index (χ3v) is 6.76. The van der Waals surface area contributed by atoms with Crippen LogP contribution >= 0.6 is 0 Å². The second-order valence-corrected chi connectivity index (χ2v) is 8.68. The van der Waals surface area contributed by atoms with Gasteiger partial charge < -0.3 is 10.2 Å². The SMILES string of the molecule is CCNC1C(CN2CCC3CCCCC3C2)CCC1(C)C. The van der Waals surface area contributed by atoms with E-state index in [2.05, 4.69) is 31.0 Å². The van der Waals surface area contributed by atoms with Crippen molar-refractivity contribution in [1.82, 2.24) is 10.2 Å². The topological polar surface area (TPSA) is 15.3 Å². The molecule has 1 saturated heterocycles. The third-order valence-electron chi connectivity index (χ3n) is 6.76. The minimum atomic E-state index is 0.490. The van der Waals surface area contributed by atoms with Crippen molar-refractivity contribution in [2.75, 3.05) is 26.2 Å². The molecule has 0 bridgehead atoms. The first-order chi connectivity index (χ1) is 10.1. The maximum Gasteiger partial charge on any atom is 0.0159 e. The zero-order valence-corrected chi connectivity index (χ0v) is 14.5. The quantitative estimate of drug-likeness (QED) is 0.845. The Morgan fingerprint density at radius 3 is 2.57 bits per heavy atom. The van der Waals surface area contributed by atoms with Gasteiger partial charge in [-0.05, 0) is 61.9 Å². The van der Waals surface area contributed by atoms with Crippen molar-refractivity contribution in [2.45, 2.75) is 71.8 Å². The Labute approximate surface area is 132 Å². The number of rotatable bonds is 4. The first-order valence-electron chi connectivity index (χ1n) is 9.56. The maximum absolute atomic E-state index is 3.80. The fourth-order valence-corrected chi connectivity index (χ4v) is 5.55. The summed E-state index contributed by atoms with van der Waals surface area (Å²) in [7, 11) is 0. The zero-order chi connectivity index (χ0) is 14.9. The predicted octanol–water partition coefficient (Wildman–Crippen LogP) is 3.91. The minimum absolute atomic E-state index is 0.490. The van der Waals surface area contributed by atoms with Crippen LogP contribution in [0.25, 0.3) is 0 Å². The number of likely N-dealkylation sites (tertiary alicyclic amines) is 1. The molecule has 2 heteroatoms. The molecule has 0 radical (unpaired) electrons. The summed E-state index contributed by atoms with van der Waals surface area (Å²) in [6.07, 6.45) is 10.3. The Bertz CT molecular complexity index is 338. The van der Waals surface area contributed by atoms with Crippen LogP contribution in [0.3, 0.4) is 0 Å². The molecule has 3 fully saturated rings. The van der Waals surface area contributed by atoms with Gasteiger partial charge in [-0.15, -0.1) is 0 Å². The Balaban J connectivity index is 1.56. The van der Waals surface area contributed by atoms with Crippen LogP contribution in [0.15, 0.2) is 0 Å². The molecule has 2 saturated carbocycles. The lowest BCUT2D eigenvalue weighted by atomic mass is 9.75. The number of hydrogen-bond acceptors (Lipinski definition) is 2. The van der Waals surface area contributed by atoms with E-state index in [-0.39, 0.29) is 0 Å². The van der Waals surface area contributed by atoms with Crippen molar-refractivity contribution in [3.05, 3.63) is 0 Å². The van der Waals surface area contributed by atoms with E-state index in [1.807, 2.05) is 0 Å². The first kappa shape index (κ1) is 15.8. The van der Waals surface area contributed by atoms with Gasteiger partial charge >= 0.3 is 0 Å². The molecular formula is C19H36N2. The highest BCUT2D eigenvalue weighted by Crippen LogP contribution is 2.43. The van der Waals surface area contributed by atoms with Gasteiger partial charge in [-0.1, -0.05) is 40.0 Å². The van der Waals surface area contributed by atoms with E-state index in [9.17, 15) is 0 Å². The third kappa shape index (κ3) is 3.47. The first-order valence-corrected chi connectivity index (χ1v) is 9.56. The van der Waals surface area contributed by atoms with E-state index in [0.717, 1.165) is 30.3 Å². The normalized spacial score (nSPS) is 40.1. The van der Waals surface area contributed by atoms with Gasteiger partial charge in [0, 0.05) is 19.1 Å². The molecule has 21 heavy (non-hydrogen) atoms. The van der Waals surface area contributed by atoms with Gasteiger partial charge in [0.15, 0.2) is 0 Å². The summed E-state index contributed by atoms with van der Waals surface area (Å²) in [6.45, 7) is 12.4. The average molecular weight is 293 g/mol. The largest absolute Gasteiger partial charge is 0.313 e. The molecule has 0 aromatic rings. The van der Waals surface area contributed by atoms with Crippen molar-refractivity contribution in [2.24, 2.45) is 23.2 Å². The number of hydrogen-bond donors (Lipinski definition) is 1. The fraction of sp³-hybridized carbons (Fsp3) is 1.00. The molecule has 3 rings (SSSR count). The number of fused-ring (bicyclic) bond motifs is 1. The highest BCUT2D eigenvalue weighted by Gasteiger charge is 2.42. The molecule has 2 aliphatic carbocycles. The molecule has 1 N–H and O–H groups in total. The summed E-state index contributed by atoms with van der Waals surface area (Å²) in [4.78, 5) is 2.82. The average Bonchev–Trinajstić information content (AvgIpc) is 2.75. The summed E-state index contributed by atoms with van der Waals surface area (Å²) >= 11 is 0. The van der Waals surface area contributed by atoms with Crippen molar-refractivity contribution in [1.29, 1.82) is 0 Å². The van der Waals surface area contributed by atoms with E-state index >= 15 is 0 Å². The summed E-state index contributed by atoms with van der Waals surface area (Å²) in [6, 6.07) is 0.728. The van der Waals surface area contributed by atoms with Crippen LogP contribution in [0.2, 0.25) is 0 Å². The Hall–Kier alpha value is -0.0800. The number of nitrogens with one attached hydrogen (secondary N) is 1. The summed E-state index contributed by atoms with van der Waals surface area (Å²) < 4.78 is 0. The molecule has 1 aliphatic heterocycles. The molecule has 0 amide bonds. The Kier molecular flexibility index (Phi) is 4.95. The number of nitrogens with zero attached hydrogens (tertiary/aromatic N) is 1. The van der Waals surface area contributed by atoms with E-state index in [1.165, 1.54) is 64.6 Å². The molecule has 0 aromatic heterocycles. The van der Waals surface area contributed by atoms with Crippen LogP contribution in [0.1, 0.15) is 65.7 Å². The minimum Gasteiger partial charge on any atom is -0.313 e. The van der Waals surface area contributed by atoms with E-state index in [1.54, 1.807) is 0 Å². The van der Waals surface area contributed by atoms with Crippen LogP contribution in [0.5, 0.6) is 0 Å². The highest BCUT2D eigenvalue weighted by atomic mass is 15.1. The van der Waals surface area contributed by atoms with Gasteiger partial charge in [0.1, 0.15) is 0 Å². The lowest BCUT2D eigenvalue weighted by Gasteiger charge is -2.43. The molecule has 122 valence electrons. The second-order valence-electron chi connectivity index (χ2n) is 8.68. The smallest absolute Gasteiger partial charge is 0.0159 e. The maximum atomic E-state index is 3.80. The van der Waals surface area contributed by atoms with E-state index in [0.29, 0.717) is 5.41 Å². The molecule has 0 aromatic carbocycles. The fourth-order valence-electron chi connectivity index (χ4n) is 5.55. The Morgan fingerprint density at radius 1 is 1.05 bits per heavy atom. The summed E-state index contributed by atoms with van der Waals surface area (Å²) in [5.41, 5.74) is 0.490. The summed E-state index contributed by atoms with van der Waals surface area (Å²) in [5, 5.41) is 3.80. The molecule has 4 unspecified atom stereocenters. The van der Waals surface area contributed by atoms with Crippen LogP contribution in [-0.2, 0) is 0 Å². The van der Waals surface area contributed by atoms with Crippen LogP contribution in [0, 0.1) is 23.2 Å². The monoisotopic (exact) mass is 292 g/mol. The van der Waals surface area contributed by atoms with Crippen LogP contribution in [0.4, 0.5) is 0 Å². The van der Waals surface area contributed by atoms with Gasteiger partial charge in [-0.3, -0.25) is 0 Å². The molecule has 1 heterocycles. The van der Waals surface area contributed by atoms with Crippen molar-refractivity contribution in [3.63, 3.8) is 0 Å². The van der Waals surface area contributed by atoms with Gasteiger partial charge in [0.25, 0.3) is 0 Å². The van der Waals surface area contributed by atoms with Crippen molar-refractivity contribution < 1.29 is 0 Å². The molecule has 3 aliphatic rings. The standard InChI is InChI=1S/C19H36N2/c1-4-20-18-17(9-11-19(18,2)3)14-21-12-10-15-7-5-6-8-16(15)13-21/h15-18,20H,4-14H2,1-3H3. The lowest BCUT2D eigenvalue weighted by molar-refractivity contribution is 0.0697. The molecule has 2 nitrogen and oxygen atoms in total. The van der Waals surface area contributed by atoms with Crippen LogP contribution < -0.4 is 5.32 Å². The van der Waals surface area contributed by atoms with E-state index in [4.69, 9.17) is 0 Å². The van der Waals surface area contributed by atoms with E-state index < -0.39 is 0 Å². The van der Waals surface area contributed by atoms with Crippen LogP contribution in [-0.4, -0.2) is 37.1 Å². The van der Waals surface area contributed by atoms with Crippen molar-refractivity contribution in [3.8, 4) is 0 Å². The Morgan fingerprint density at radius 2 is 1.81 bits per heavy atom. The zero-order valence-electron chi connectivity index (χ0n) is 14.5. The van der Waals surface area contributed by atoms with Gasteiger partial charge in [-0.25, -0.2) is 0 Å². The highest BCUT2D eigenvalue weighted by molar-refractivity contribution is 4.97. The number of piperidine rings is 1. The van der Waals surface area contributed by atoms with Gasteiger partial charge in [-0.2, -0.15) is 0 Å².